The molecule has 0 unspecified atom stereocenters. The molecule has 0 fully saturated rings. The van der Waals surface area contributed by atoms with Gasteiger partial charge in [-0.3, -0.25) is 4.79 Å². The number of nitrogen functional groups attached to an aromatic ring is 1. The van der Waals surface area contributed by atoms with E-state index in [-0.39, 0.29) is 5.78 Å². The van der Waals surface area contributed by atoms with Gasteiger partial charge >= 0.3 is 0 Å². The van der Waals surface area contributed by atoms with Gasteiger partial charge in [0.2, 0.25) is 0 Å². The third-order valence-electron chi connectivity index (χ3n) is 2.42. The summed E-state index contributed by atoms with van der Waals surface area (Å²) in [5, 5.41) is 2.91. The molecule has 0 aliphatic rings. The van der Waals surface area contributed by atoms with Crippen LogP contribution in [0.3, 0.4) is 0 Å². The van der Waals surface area contributed by atoms with E-state index in [0.29, 0.717) is 6.42 Å². The van der Waals surface area contributed by atoms with Crippen molar-refractivity contribution in [2.24, 2.45) is 0 Å². The molecular weight excluding hydrogens is 244 g/mol. The number of nitrogens with two attached hydrogens (primary N) is 1. The summed E-state index contributed by atoms with van der Waals surface area (Å²) >= 11 is 1.56. The first-order chi connectivity index (χ1) is 8.63. The fourth-order valence-electron chi connectivity index (χ4n) is 1.52. The molecule has 2 N–H and O–H groups in total. The largest absolute Gasteiger partial charge is 0.399 e. The first kappa shape index (κ1) is 12.5. The topological polar surface area (TPSA) is 56.0 Å². The van der Waals surface area contributed by atoms with Crippen LogP contribution in [0.4, 0.5) is 5.69 Å². The van der Waals surface area contributed by atoms with Crippen molar-refractivity contribution < 1.29 is 4.79 Å². The lowest BCUT2D eigenvalue weighted by Gasteiger charge is -1.95. The van der Waals surface area contributed by atoms with Gasteiger partial charge in [0.15, 0.2) is 5.78 Å². The minimum atomic E-state index is 0.0529. The van der Waals surface area contributed by atoms with Gasteiger partial charge in [0, 0.05) is 11.1 Å². The molecule has 0 radical (unpaired) electrons. The Bertz CT molecular complexity index is 570. The van der Waals surface area contributed by atoms with Gasteiger partial charge in [0.1, 0.15) is 0 Å². The highest BCUT2D eigenvalue weighted by Crippen LogP contribution is 2.10. The number of carbonyl (C=O) groups is 1. The zero-order valence-corrected chi connectivity index (χ0v) is 10.9. The van der Waals surface area contributed by atoms with E-state index in [1.54, 1.807) is 23.5 Å². The Morgan fingerprint density at radius 3 is 2.72 bits per heavy atom. The van der Waals surface area contributed by atoms with Gasteiger partial charge < -0.3 is 5.73 Å². The molecular formula is C14H14N2OS. The molecule has 92 valence electrons. The Morgan fingerprint density at radius 1 is 1.39 bits per heavy atom. The van der Waals surface area contributed by atoms with Crippen molar-refractivity contribution in [2.45, 2.75) is 13.3 Å². The maximum atomic E-state index is 11.7. The predicted molar refractivity (Wildman–Crippen MR) is 75.5 cm³/mol. The zero-order chi connectivity index (χ0) is 13.0. The van der Waals surface area contributed by atoms with E-state index >= 15 is 0 Å². The van der Waals surface area contributed by atoms with Gasteiger partial charge in [0.25, 0.3) is 0 Å². The normalized spacial score (nSPS) is 10.9. The molecule has 1 aromatic carbocycles. The van der Waals surface area contributed by atoms with E-state index < -0.39 is 0 Å². The van der Waals surface area contributed by atoms with Crippen LogP contribution in [0.15, 0.2) is 35.7 Å². The number of thiazole rings is 1. The number of anilines is 1. The van der Waals surface area contributed by atoms with Gasteiger partial charge in [0.05, 0.1) is 17.1 Å². The van der Waals surface area contributed by atoms with Crippen molar-refractivity contribution >= 4 is 28.9 Å². The summed E-state index contributed by atoms with van der Waals surface area (Å²) in [5.41, 5.74) is 8.11. The Balaban J connectivity index is 1.96. The quantitative estimate of drug-likeness (QED) is 0.677. The highest BCUT2D eigenvalue weighted by Gasteiger charge is 2.03. The molecule has 1 heterocycles. The smallest absolute Gasteiger partial charge is 0.161 e. The summed E-state index contributed by atoms with van der Waals surface area (Å²) in [5.74, 6) is 0.0529. The molecule has 0 bridgehead atoms. The van der Waals surface area contributed by atoms with E-state index in [9.17, 15) is 4.79 Å². The molecule has 0 spiro atoms. The summed E-state index contributed by atoms with van der Waals surface area (Å²) in [4.78, 5) is 16.0. The summed E-state index contributed by atoms with van der Waals surface area (Å²) in [6.07, 6.45) is 3.73. The molecule has 4 heteroatoms. The second-order valence-corrected chi connectivity index (χ2v) is 5.06. The third-order valence-corrected chi connectivity index (χ3v) is 3.24. The number of rotatable bonds is 4. The lowest BCUT2D eigenvalue weighted by atomic mass is 10.1. The number of hydrogen-bond donors (Lipinski definition) is 1. The van der Waals surface area contributed by atoms with Crippen molar-refractivity contribution in [3.8, 4) is 0 Å². The van der Waals surface area contributed by atoms with Crippen LogP contribution >= 0.6 is 11.3 Å². The number of nitrogens with zero attached hydrogens (tertiary/aromatic N) is 1. The highest BCUT2D eigenvalue weighted by atomic mass is 32.1. The molecule has 0 amide bonds. The van der Waals surface area contributed by atoms with Crippen LogP contribution in [0.25, 0.3) is 6.08 Å². The number of allylic oxidation sites excluding steroid dienone is 1. The number of benzene rings is 1. The third kappa shape index (κ3) is 3.53. The molecule has 0 aliphatic heterocycles. The van der Waals surface area contributed by atoms with Crippen LogP contribution in [0.5, 0.6) is 0 Å². The van der Waals surface area contributed by atoms with Crippen LogP contribution in [-0.4, -0.2) is 10.8 Å². The van der Waals surface area contributed by atoms with Crippen molar-refractivity contribution in [1.29, 1.82) is 0 Å². The fourth-order valence-corrected chi connectivity index (χ4v) is 2.14. The lowest BCUT2D eigenvalue weighted by Crippen LogP contribution is -1.98. The first-order valence-corrected chi connectivity index (χ1v) is 6.49. The summed E-state index contributed by atoms with van der Waals surface area (Å²) < 4.78 is 0. The van der Waals surface area contributed by atoms with E-state index in [2.05, 4.69) is 4.98 Å². The Kier molecular flexibility index (Phi) is 3.89. The van der Waals surface area contributed by atoms with Gasteiger partial charge in [-0.1, -0.05) is 18.2 Å². The van der Waals surface area contributed by atoms with E-state index in [1.807, 2.05) is 36.6 Å². The van der Waals surface area contributed by atoms with Gasteiger partial charge in [-0.2, -0.15) is 0 Å². The number of hydrogen-bond acceptors (Lipinski definition) is 4. The number of carbonyl (C=O) groups excluding carboxylic acids is 1. The van der Waals surface area contributed by atoms with Crippen molar-refractivity contribution in [2.75, 3.05) is 5.73 Å². The number of aromatic nitrogens is 1. The Morgan fingerprint density at radius 2 is 2.11 bits per heavy atom. The average molecular weight is 258 g/mol. The minimum Gasteiger partial charge on any atom is -0.399 e. The first-order valence-electron chi connectivity index (χ1n) is 5.61. The second-order valence-electron chi connectivity index (χ2n) is 4.00. The SMILES string of the molecule is Cc1nc(CC(=O)/C=C/c2ccc(N)cc2)cs1. The fraction of sp³-hybridized carbons (Fsp3) is 0.143. The van der Waals surface area contributed by atoms with E-state index in [1.165, 1.54) is 0 Å². The van der Waals surface area contributed by atoms with Crippen molar-refractivity contribution in [3.05, 3.63) is 52.0 Å². The van der Waals surface area contributed by atoms with Crippen LogP contribution in [0.2, 0.25) is 0 Å². The summed E-state index contributed by atoms with van der Waals surface area (Å²) in [6.45, 7) is 1.93. The van der Waals surface area contributed by atoms with Crippen molar-refractivity contribution in [3.63, 3.8) is 0 Å². The maximum absolute atomic E-state index is 11.7. The number of aryl methyl sites for hydroxylation is 1. The molecule has 3 nitrogen and oxygen atoms in total. The van der Waals surface area contributed by atoms with Gasteiger partial charge in [-0.25, -0.2) is 4.98 Å². The number of ketones is 1. The minimum absolute atomic E-state index is 0.0529. The molecule has 1 aromatic heterocycles. The molecule has 0 aliphatic carbocycles. The molecule has 18 heavy (non-hydrogen) atoms. The van der Waals surface area contributed by atoms with E-state index in [4.69, 9.17) is 5.73 Å². The monoisotopic (exact) mass is 258 g/mol. The Labute approximate surface area is 110 Å². The van der Waals surface area contributed by atoms with Gasteiger partial charge in [-0.15, -0.1) is 11.3 Å². The second kappa shape index (κ2) is 5.60. The standard InChI is InChI=1S/C14H14N2OS/c1-10-16-13(9-18-10)8-14(17)7-4-11-2-5-12(15)6-3-11/h2-7,9H,8,15H2,1H3/b7-4+. The predicted octanol–water partition coefficient (Wildman–Crippen LogP) is 2.86. The molecule has 2 aromatic rings. The lowest BCUT2D eigenvalue weighted by molar-refractivity contribution is -0.114. The summed E-state index contributed by atoms with van der Waals surface area (Å²) in [7, 11) is 0. The highest BCUT2D eigenvalue weighted by molar-refractivity contribution is 7.09. The van der Waals surface area contributed by atoms with E-state index in [0.717, 1.165) is 22.0 Å². The van der Waals surface area contributed by atoms with Crippen LogP contribution in [0.1, 0.15) is 16.3 Å². The zero-order valence-electron chi connectivity index (χ0n) is 10.1. The van der Waals surface area contributed by atoms with Crippen LogP contribution in [0, 0.1) is 6.92 Å². The molecule has 0 saturated carbocycles. The maximum Gasteiger partial charge on any atom is 0.161 e. The molecule has 0 atom stereocenters. The average Bonchev–Trinajstić information content (AvgIpc) is 2.74. The van der Waals surface area contributed by atoms with Crippen LogP contribution in [-0.2, 0) is 11.2 Å². The molecule has 2 rings (SSSR count). The van der Waals surface area contributed by atoms with Gasteiger partial charge in [-0.05, 0) is 30.7 Å². The molecule has 0 saturated heterocycles. The summed E-state index contributed by atoms with van der Waals surface area (Å²) in [6, 6.07) is 7.39. The van der Waals surface area contributed by atoms with Crippen molar-refractivity contribution in [1.82, 2.24) is 4.98 Å². The Hall–Kier alpha value is -1.94. The van der Waals surface area contributed by atoms with Crippen LogP contribution < -0.4 is 5.73 Å².